The second-order valence-corrected chi connectivity index (χ2v) is 8.09. The lowest BCUT2D eigenvalue weighted by Crippen LogP contribution is -1.94. The summed E-state index contributed by atoms with van der Waals surface area (Å²) in [5.74, 6) is 0. The van der Waals surface area contributed by atoms with Gasteiger partial charge in [-0.1, -0.05) is 0 Å². The number of nitrogens with zero attached hydrogens (tertiary/aromatic N) is 6. The van der Waals surface area contributed by atoms with Crippen LogP contribution in [0.25, 0.3) is 0 Å². The highest BCUT2D eigenvalue weighted by molar-refractivity contribution is 7.16. The fourth-order valence-corrected chi connectivity index (χ4v) is 3.83. The fourth-order valence-electron chi connectivity index (χ4n) is 2.93. The number of aliphatic imine (C=N–C) groups is 2. The number of nitro groups is 4. The number of nitro benzene ring substituents is 4. The molecule has 0 atom stereocenters. The summed E-state index contributed by atoms with van der Waals surface area (Å²) in [6.07, 6.45) is 0. The Kier molecular flexibility index (Phi) is 7.00. The molecular weight excluding hydrogens is 484 g/mol. The van der Waals surface area contributed by atoms with Crippen LogP contribution in [0.5, 0.6) is 0 Å². The highest BCUT2D eigenvalue weighted by Crippen LogP contribution is 2.31. The molecular formula is C20H14N6O8S. The SMILES string of the molecule is CC(=Nc1cc([N+](=O)[O-])cc([N+](=O)[O-])c1)c1ccc(C(C)=Nc2cc([N+](=O)[O-])cc([N+](=O)[O-])c2)s1. The van der Waals surface area contributed by atoms with Crippen LogP contribution in [0.3, 0.4) is 0 Å². The molecule has 3 aromatic rings. The molecule has 15 heteroatoms. The van der Waals surface area contributed by atoms with Crippen molar-refractivity contribution >= 4 is 56.9 Å². The molecule has 0 unspecified atom stereocenters. The zero-order chi connectivity index (χ0) is 25.9. The lowest BCUT2D eigenvalue weighted by molar-refractivity contribution is -0.394. The number of benzene rings is 2. The van der Waals surface area contributed by atoms with Crippen molar-refractivity contribution in [2.75, 3.05) is 0 Å². The van der Waals surface area contributed by atoms with Crippen LogP contribution in [0.4, 0.5) is 34.1 Å². The average Bonchev–Trinajstić information content (AvgIpc) is 3.29. The summed E-state index contributed by atoms with van der Waals surface area (Å²) in [4.78, 5) is 51.1. The van der Waals surface area contributed by atoms with Crippen molar-refractivity contribution in [2.24, 2.45) is 9.98 Å². The van der Waals surface area contributed by atoms with Gasteiger partial charge >= 0.3 is 0 Å². The van der Waals surface area contributed by atoms with Gasteiger partial charge in [-0.25, -0.2) is 0 Å². The summed E-state index contributed by atoms with van der Waals surface area (Å²) in [6, 6.07) is 9.55. The van der Waals surface area contributed by atoms with E-state index >= 15 is 0 Å². The Balaban J connectivity index is 1.95. The Morgan fingerprint density at radius 1 is 0.600 bits per heavy atom. The van der Waals surface area contributed by atoms with Crippen molar-refractivity contribution < 1.29 is 19.7 Å². The van der Waals surface area contributed by atoms with E-state index in [9.17, 15) is 40.5 Å². The Bertz CT molecular complexity index is 1270. The Morgan fingerprint density at radius 3 is 1.14 bits per heavy atom. The van der Waals surface area contributed by atoms with Gasteiger partial charge in [-0.15, -0.1) is 11.3 Å². The van der Waals surface area contributed by atoms with E-state index in [1.165, 1.54) is 11.3 Å². The number of rotatable bonds is 8. The molecule has 0 spiro atoms. The van der Waals surface area contributed by atoms with E-state index in [2.05, 4.69) is 9.98 Å². The molecule has 1 heterocycles. The van der Waals surface area contributed by atoms with Crippen molar-refractivity contribution in [1.29, 1.82) is 0 Å². The standard InChI is InChI=1S/C20H14N6O8S/c1-11(21-13-5-15(23(27)28)9-16(6-13)24(29)30)19-3-4-20(35-19)12(2)22-14-7-17(25(31)32)10-18(8-14)26(33)34/h3-10H,1-2H3. The molecule has 0 radical (unpaired) electrons. The monoisotopic (exact) mass is 498 g/mol. The van der Waals surface area contributed by atoms with Gasteiger partial charge in [-0.2, -0.15) is 0 Å². The third kappa shape index (κ3) is 5.91. The summed E-state index contributed by atoms with van der Waals surface area (Å²) in [7, 11) is 0. The molecule has 178 valence electrons. The number of hydrogen-bond acceptors (Lipinski definition) is 11. The van der Waals surface area contributed by atoms with E-state index in [1.54, 1.807) is 26.0 Å². The molecule has 35 heavy (non-hydrogen) atoms. The van der Waals surface area contributed by atoms with E-state index in [4.69, 9.17) is 0 Å². The predicted molar refractivity (Wildman–Crippen MR) is 128 cm³/mol. The van der Waals surface area contributed by atoms with E-state index in [-0.39, 0.29) is 11.4 Å². The molecule has 0 amide bonds. The van der Waals surface area contributed by atoms with Crippen molar-refractivity contribution in [3.63, 3.8) is 0 Å². The summed E-state index contributed by atoms with van der Waals surface area (Å²) in [5.41, 5.74) is -0.943. The molecule has 0 aliphatic heterocycles. The third-order valence-electron chi connectivity index (χ3n) is 4.53. The van der Waals surface area contributed by atoms with Crippen LogP contribution in [0.1, 0.15) is 23.6 Å². The summed E-state index contributed by atoms with van der Waals surface area (Å²) in [5, 5.41) is 44.3. The first-order valence-electron chi connectivity index (χ1n) is 9.53. The van der Waals surface area contributed by atoms with Gasteiger partial charge in [0, 0.05) is 34.0 Å². The molecule has 3 rings (SSSR count). The number of thiophene rings is 1. The van der Waals surface area contributed by atoms with Crippen LogP contribution < -0.4 is 0 Å². The van der Waals surface area contributed by atoms with Gasteiger partial charge < -0.3 is 0 Å². The zero-order valence-electron chi connectivity index (χ0n) is 18.0. The number of non-ortho nitro benzene ring substituents is 4. The fraction of sp³-hybridized carbons (Fsp3) is 0.100. The predicted octanol–water partition coefficient (Wildman–Crippen LogP) is 5.66. The van der Waals surface area contributed by atoms with Crippen LogP contribution in [0.15, 0.2) is 58.5 Å². The molecule has 2 aromatic carbocycles. The number of hydrogen-bond donors (Lipinski definition) is 0. The van der Waals surface area contributed by atoms with E-state index in [0.29, 0.717) is 21.2 Å². The topological polar surface area (TPSA) is 197 Å². The maximum atomic E-state index is 11.1. The van der Waals surface area contributed by atoms with Gasteiger partial charge in [-0.3, -0.25) is 50.4 Å². The first-order valence-corrected chi connectivity index (χ1v) is 10.3. The van der Waals surface area contributed by atoms with Crippen LogP contribution in [-0.4, -0.2) is 31.1 Å². The van der Waals surface area contributed by atoms with Gasteiger partial charge in [0.1, 0.15) is 0 Å². The lowest BCUT2D eigenvalue weighted by Gasteiger charge is -2.01. The smallest absolute Gasteiger partial charge is 0.258 e. The molecule has 14 nitrogen and oxygen atoms in total. The quantitative estimate of drug-likeness (QED) is 0.215. The van der Waals surface area contributed by atoms with Crippen LogP contribution in [0, 0.1) is 40.5 Å². The second-order valence-electron chi connectivity index (χ2n) is 7.00. The van der Waals surface area contributed by atoms with Crippen LogP contribution in [0.2, 0.25) is 0 Å². The van der Waals surface area contributed by atoms with Crippen molar-refractivity contribution in [3.8, 4) is 0 Å². The zero-order valence-corrected chi connectivity index (χ0v) is 18.8. The maximum absolute atomic E-state index is 11.1. The average molecular weight is 498 g/mol. The second kappa shape index (κ2) is 9.92. The van der Waals surface area contributed by atoms with E-state index < -0.39 is 42.4 Å². The highest BCUT2D eigenvalue weighted by Gasteiger charge is 2.18. The Morgan fingerprint density at radius 2 is 0.886 bits per heavy atom. The van der Waals surface area contributed by atoms with Crippen molar-refractivity contribution in [3.05, 3.63) is 98.7 Å². The Labute approximate surface area is 199 Å². The van der Waals surface area contributed by atoms with Gasteiger partial charge in [0.25, 0.3) is 22.7 Å². The molecule has 0 bridgehead atoms. The van der Waals surface area contributed by atoms with Crippen LogP contribution in [-0.2, 0) is 0 Å². The minimum absolute atomic E-state index is 0.0349. The largest absolute Gasteiger partial charge is 0.278 e. The minimum Gasteiger partial charge on any atom is -0.258 e. The van der Waals surface area contributed by atoms with Gasteiger partial charge in [-0.05, 0) is 26.0 Å². The molecule has 0 fully saturated rings. The first kappa shape index (κ1) is 24.7. The molecule has 0 saturated carbocycles. The summed E-state index contributed by atoms with van der Waals surface area (Å²) >= 11 is 1.23. The van der Waals surface area contributed by atoms with Gasteiger partial charge in [0.15, 0.2) is 0 Å². The molecule has 1 aromatic heterocycles. The molecule has 0 N–H and O–H groups in total. The molecule has 0 aliphatic carbocycles. The van der Waals surface area contributed by atoms with Crippen molar-refractivity contribution in [2.45, 2.75) is 13.8 Å². The minimum atomic E-state index is -0.747. The normalized spacial score (nSPS) is 11.8. The van der Waals surface area contributed by atoms with Gasteiger partial charge in [0.2, 0.25) is 0 Å². The first-order chi connectivity index (χ1) is 16.4. The van der Waals surface area contributed by atoms with E-state index in [1.807, 2.05) is 0 Å². The molecule has 0 saturated heterocycles. The Hall–Kier alpha value is -4.92. The highest BCUT2D eigenvalue weighted by atomic mass is 32.1. The van der Waals surface area contributed by atoms with Crippen molar-refractivity contribution in [1.82, 2.24) is 0 Å². The summed E-state index contributed by atoms with van der Waals surface area (Å²) < 4.78 is 0. The molecule has 0 aliphatic rings. The third-order valence-corrected chi connectivity index (χ3v) is 5.83. The van der Waals surface area contributed by atoms with Crippen LogP contribution >= 0.6 is 11.3 Å². The summed E-state index contributed by atoms with van der Waals surface area (Å²) in [6.45, 7) is 3.24. The van der Waals surface area contributed by atoms with E-state index in [0.717, 1.165) is 36.4 Å². The lowest BCUT2D eigenvalue weighted by atomic mass is 10.2. The van der Waals surface area contributed by atoms with Gasteiger partial charge in [0.05, 0.1) is 54.6 Å². The maximum Gasteiger partial charge on any atom is 0.278 e.